The van der Waals surface area contributed by atoms with E-state index in [-0.39, 0.29) is 5.91 Å². The molecule has 4 rings (SSSR count). The van der Waals surface area contributed by atoms with Crippen molar-refractivity contribution in [2.75, 3.05) is 5.32 Å². The van der Waals surface area contributed by atoms with Gasteiger partial charge >= 0.3 is 0 Å². The lowest BCUT2D eigenvalue weighted by Crippen LogP contribution is -2.07. The third-order valence-electron chi connectivity index (χ3n) is 4.94. The fraction of sp³-hybridized carbons (Fsp3) is 0.115. The number of carbonyl (C=O) groups excluding carboxylic acids is 1. The van der Waals surface area contributed by atoms with Gasteiger partial charge in [-0.2, -0.15) is 0 Å². The number of carbonyl (C=O) groups is 1. The van der Waals surface area contributed by atoms with Gasteiger partial charge in [-0.1, -0.05) is 84.1 Å². The van der Waals surface area contributed by atoms with Crippen LogP contribution in [0.5, 0.6) is 0 Å². The summed E-state index contributed by atoms with van der Waals surface area (Å²) in [6.07, 6.45) is 3.32. The molecule has 0 spiro atoms. The summed E-state index contributed by atoms with van der Waals surface area (Å²) in [7, 11) is 1.96. The molecule has 1 heterocycles. The van der Waals surface area contributed by atoms with Crippen LogP contribution in [0.4, 0.5) is 5.69 Å². The Labute approximate surface area is 192 Å². The van der Waals surface area contributed by atoms with Crippen LogP contribution in [-0.2, 0) is 17.6 Å². The number of nitrogens with zero attached hydrogens (tertiary/aromatic N) is 3. The highest BCUT2D eigenvalue weighted by Gasteiger charge is 2.12. The topological polar surface area (TPSA) is 59.8 Å². The van der Waals surface area contributed by atoms with Crippen LogP contribution in [0.25, 0.3) is 17.5 Å². The second kappa shape index (κ2) is 10.1. The first-order valence-electron chi connectivity index (χ1n) is 10.3. The van der Waals surface area contributed by atoms with Crippen molar-refractivity contribution in [1.29, 1.82) is 0 Å². The molecule has 0 aliphatic rings. The number of rotatable bonds is 7. The molecule has 6 heteroatoms. The van der Waals surface area contributed by atoms with Gasteiger partial charge in [0.25, 0.3) is 0 Å². The van der Waals surface area contributed by atoms with E-state index < -0.39 is 0 Å². The van der Waals surface area contributed by atoms with Crippen LogP contribution in [0.2, 0.25) is 0 Å². The molecule has 1 aromatic heterocycles. The van der Waals surface area contributed by atoms with E-state index in [1.54, 1.807) is 17.8 Å². The van der Waals surface area contributed by atoms with Gasteiger partial charge in [-0.3, -0.25) is 4.79 Å². The molecule has 1 N–H and O–H groups in total. The minimum absolute atomic E-state index is 0.182. The van der Waals surface area contributed by atoms with Crippen LogP contribution in [0, 0.1) is 6.92 Å². The monoisotopic (exact) mass is 440 g/mol. The van der Waals surface area contributed by atoms with Crippen LogP contribution in [-0.4, -0.2) is 20.7 Å². The van der Waals surface area contributed by atoms with E-state index in [2.05, 4.69) is 46.7 Å². The molecule has 0 aliphatic carbocycles. The highest BCUT2D eigenvalue weighted by Crippen LogP contribution is 2.26. The fourth-order valence-corrected chi connectivity index (χ4v) is 4.05. The number of hydrogen-bond acceptors (Lipinski definition) is 4. The average molecular weight is 441 g/mol. The first-order chi connectivity index (χ1) is 15.6. The average Bonchev–Trinajstić information content (AvgIpc) is 3.18. The molecule has 160 valence electrons. The summed E-state index contributed by atoms with van der Waals surface area (Å²) in [5.41, 5.74) is 5.08. The Kier molecular flexibility index (Phi) is 6.82. The van der Waals surface area contributed by atoms with Gasteiger partial charge in [-0.25, -0.2) is 0 Å². The van der Waals surface area contributed by atoms with E-state index in [1.165, 1.54) is 17.2 Å². The summed E-state index contributed by atoms with van der Waals surface area (Å²) in [5, 5.41) is 12.5. The van der Waals surface area contributed by atoms with Gasteiger partial charge < -0.3 is 9.88 Å². The van der Waals surface area contributed by atoms with Crippen molar-refractivity contribution in [2.24, 2.45) is 7.05 Å². The molecule has 0 radical (unpaired) electrons. The minimum Gasteiger partial charge on any atom is -0.322 e. The Morgan fingerprint density at radius 3 is 2.56 bits per heavy atom. The minimum atomic E-state index is -0.182. The number of benzene rings is 3. The van der Waals surface area contributed by atoms with Crippen molar-refractivity contribution in [3.63, 3.8) is 0 Å². The SMILES string of the molecule is Cc1ccc(CSc2nnc(-c3cccc(NC(=O)C=Cc4ccccc4)c3)n2C)cc1. The summed E-state index contributed by atoms with van der Waals surface area (Å²) < 4.78 is 1.98. The predicted octanol–water partition coefficient (Wildman–Crippen LogP) is 5.73. The zero-order valence-electron chi connectivity index (χ0n) is 18.0. The number of aryl methyl sites for hydroxylation is 1. The van der Waals surface area contributed by atoms with E-state index in [4.69, 9.17) is 0 Å². The van der Waals surface area contributed by atoms with Crippen molar-refractivity contribution >= 4 is 29.4 Å². The van der Waals surface area contributed by atoms with E-state index in [0.717, 1.165) is 27.9 Å². The van der Waals surface area contributed by atoms with Crippen LogP contribution < -0.4 is 5.32 Å². The number of thioether (sulfide) groups is 1. The number of amides is 1. The maximum atomic E-state index is 12.3. The summed E-state index contributed by atoms with van der Waals surface area (Å²) in [6.45, 7) is 2.09. The second-order valence-corrected chi connectivity index (χ2v) is 8.40. The molecule has 0 saturated carbocycles. The smallest absolute Gasteiger partial charge is 0.248 e. The summed E-state index contributed by atoms with van der Waals surface area (Å²) >= 11 is 1.65. The maximum absolute atomic E-state index is 12.3. The van der Waals surface area contributed by atoms with E-state index in [1.807, 2.05) is 66.2 Å². The third kappa shape index (κ3) is 5.53. The number of hydrogen-bond donors (Lipinski definition) is 1. The summed E-state index contributed by atoms with van der Waals surface area (Å²) in [5.74, 6) is 1.40. The third-order valence-corrected chi connectivity index (χ3v) is 6.03. The molecule has 3 aromatic carbocycles. The van der Waals surface area contributed by atoms with Crippen molar-refractivity contribution in [2.45, 2.75) is 17.8 Å². The summed E-state index contributed by atoms with van der Waals surface area (Å²) in [6, 6.07) is 25.9. The van der Waals surface area contributed by atoms with Crippen LogP contribution >= 0.6 is 11.8 Å². The van der Waals surface area contributed by atoms with Gasteiger partial charge in [-0.15, -0.1) is 10.2 Å². The summed E-state index contributed by atoms with van der Waals surface area (Å²) in [4.78, 5) is 12.3. The largest absolute Gasteiger partial charge is 0.322 e. The Bertz CT molecular complexity index is 1230. The standard InChI is InChI=1S/C26H24N4OS/c1-19-11-13-21(14-12-19)18-32-26-29-28-25(30(26)2)22-9-6-10-23(17-22)27-24(31)16-15-20-7-4-3-5-8-20/h3-17H,18H2,1-2H3,(H,27,31). The molecular weight excluding hydrogens is 416 g/mol. The van der Waals surface area contributed by atoms with Crippen molar-refractivity contribution in [3.8, 4) is 11.4 Å². The van der Waals surface area contributed by atoms with Crippen molar-refractivity contribution in [1.82, 2.24) is 14.8 Å². The molecule has 0 bridgehead atoms. The van der Waals surface area contributed by atoms with Gasteiger partial charge in [0, 0.05) is 30.1 Å². The van der Waals surface area contributed by atoms with Crippen LogP contribution in [0.3, 0.4) is 0 Å². The molecule has 32 heavy (non-hydrogen) atoms. The van der Waals surface area contributed by atoms with Gasteiger partial charge in [0.1, 0.15) is 0 Å². The lowest BCUT2D eigenvalue weighted by Gasteiger charge is -2.07. The zero-order valence-corrected chi connectivity index (χ0v) is 18.8. The van der Waals surface area contributed by atoms with E-state index >= 15 is 0 Å². The number of aromatic nitrogens is 3. The molecular formula is C26H24N4OS. The van der Waals surface area contributed by atoms with Crippen LogP contribution in [0.1, 0.15) is 16.7 Å². The fourth-order valence-electron chi connectivity index (χ4n) is 3.18. The molecule has 5 nitrogen and oxygen atoms in total. The quantitative estimate of drug-likeness (QED) is 0.294. The van der Waals surface area contributed by atoms with Gasteiger partial charge in [0.05, 0.1) is 0 Å². The highest BCUT2D eigenvalue weighted by atomic mass is 32.2. The molecule has 0 unspecified atom stereocenters. The van der Waals surface area contributed by atoms with Crippen molar-refractivity contribution < 1.29 is 4.79 Å². The molecule has 0 fully saturated rings. The Balaban J connectivity index is 1.43. The van der Waals surface area contributed by atoms with Gasteiger partial charge in [0.15, 0.2) is 11.0 Å². The molecule has 1 amide bonds. The predicted molar refractivity (Wildman–Crippen MR) is 131 cm³/mol. The first kappa shape index (κ1) is 21.6. The van der Waals surface area contributed by atoms with E-state index in [0.29, 0.717) is 5.69 Å². The Morgan fingerprint density at radius 1 is 1.00 bits per heavy atom. The Morgan fingerprint density at radius 2 is 1.78 bits per heavy atom. The molecule has 0 aliphatic heterocycles. The van der Waals surface area contributed by atoms with E-state index in [9.17, 15) is 4.79 Å². The Hall–Kier alpha value is -3.64. The lowest BCUT2D eigenvalue weighted by atomic mass is 10.2. The molecule has 4 aromatic rings. The van der Waals surface area contributed by atoms with Crippen molar-refractivity contribution in [3.05, 3.63) is 102 Å². The normalized spacial score (nSPS) is 11.1. The van der Waals surface area contributed by atoms with Gasteiger partial charge in [0.2, 0.25) is 5.91 Å². The number of nitrogens with one attached hydrogen (secondary N) is 1. The maximum Gasteiger partial charge on any atom is 0.248 e. The first-order valence-corrected chi connectivity index (χ1v) is 11.3. The highest BCUT2D eigenvalue weighted by molar-refractivity contribution is 7.98. The molecule has 0 atom stereocenters. The zero-order chi connectivity index (χ0) is 22.3. The molecule has 0 saturated heterocycles. The lowest BCUT2D eigenvalue weighted by molar-refractivity contribution is -0.111. The number of anilines is 1. The van der Waals surface area contributed by atoms with Crippen LogP contribution in [0.15, 0.2) is 90.1 Å². The second-order valence-electron chi connectivity index (χ2n) is 7.45. The van der Waals surface area contributed by atoms with Gasteiger partial charge in [-0.05, 0) is 36.3 Å².